The largest absolute Gasteiger partial charge is 0.316 e. The molecule has 8 heteroatoms. The highest BCUT2D eigenvalue weighted by Gasteiger charge is 2.20. The summed E-state index contributed by atoms with van der Waals surface area (Å²) in [7, 11) is -2.31. The molecule has 112 valence electrons. The number of hydrogen-bond donors (Lipinski definition) is 2. The summed E-state index contributed by atoms with van der Waals surface area (Å²) in [6, 6.07) is 7.27. The Kier molecular flexibility index (Phi) is 4.92. The zero-order valence-corrected chi connectivity index (χ0v) is 13.5. The molecule has 0 amide bonds. The summed E-state index contributed by atoms with van der Waals surface area (Å²) in [5, 5.41) is 2.87. The molecule has 2 aromatic rings. The molecule has 0 saturated carbocycles. The fourth-order valence-electron chi connectivity index (χ4n) is 1.72. The number of nitrogens with zero attached hydrogens (tertiary/aromatic N) is 1. The molecular formula is C13H13BrFN3O2S. The maximum absolute atomic E-state index is 14.0. The maximum atomic E-state index is 14.0. The van der Waals surface area contributed by atoms with Crippen molar-refractivity contribution in [3.63, 3.8) is 0 Å². The molecule has 0 radical (unpaired) electrons. The smallest absolute Gasteiger partial charge is 0.265 e. The summed E-state index contributed by atoms with van der Waals surface area (Å²) >= 11 is 3.18. The number of benzene rings is 1. The van der Waals surface area contributed by atoms with Crippen molar-refractivity contribution >= 4 is 31.8 Å². The first-order chi connectivity index (χ1) is 9.94. The van der Waals surface area contributed by atoms with E-state index in [9.17, 15) is 12.8 Å². The Morgan fingerprint density at radius 1 is 1.33 bits per heavy atom. The van der Waals surface area contributed by atoms with Gasteiger partial charge in [-0.15, -0.1) is 0 Å². The van der Waals surface area contributed by atoms with Crippen molar-refractivity contribution in [2.24, 2.45) is 0 Å². The van der Waals surface area contributed by atoms with Crippen LogP contribution in [0.4, 0.5) is 10.2 Å². The molecule has 0 atom stereocenters. The zero-order valence-electron chi connectivity index (χ0n) is 11.1. The number of aromatic nitrogens is 1. The van der Waals surface area contributed by atoms with Crippen molar-refractivity contribution < 1.29 is 12.8 Å². The van der Waals surface area contributed by atoms with Gasteiger partial charge in [-0.1, -0.05) is 6.07 Å². The van der Waals surface area contributed by atoms with Crippen LogP contribution in [-0.2, 0) is 16.6 Å². The lowest BCUT2D eigenvalue weighted by Gasteiger charge is -2.10. The summed E-state index contributed by atoms with van der Waals surface area (Å²) in [5.41, 5.74) is 0.660. The highest BCUT2D eigenvalue weighted by atomic mass is 79.9. The number of rotatable bonds is 5. The van der Waals surface area contributed by atoms with E-state index in [1.807, 2.05) is 0 Å². The Labute approximate surface area is 130 Å². The normalized spacial score (nSPS) is 11.4. The monoisotopic (exact) mass is 373 g/mol. The highest BCUT2D eigenvalue weighted by Crippen LogP contribution is 2.23. The molecule has 0 aliphatic carbocycles. The Morgan fingerprint density at radius 3 is 2.71 bits per heavy atom. The van der Waals surface area contributed by atoms with Crippen molar-refractivity contribution in [3.05, 3.63) is 52.4 Å². The van der Waals surface area contributed by atoms with Gasteiger partial charge in [0.05, 0.1) is 4.47 Å². The third kappa shape index (κ3) is 3.78. The van der Waals surface area contributed by atoms with Crippen LogP contribution in [0, 0.1) is 5.82 Å². The topological polar surface area (TPSA) is 71.1 Å². The predicted octanol–water partition coefficient (Wildman–Crippen LogP) is 2.50. The summed E-state index contributed by atoms with van der Waals surface area (Å²) < 4.78 is 41.2. The summed E-state index contributed by atoms with van der Waals surface area (Å²) in [5.74, 6) is -0.696. The number of nitrogens with one attached hydrogen (secondary N) is 2. The Hall–Kier alpha value is -1.51. The summed E-state index contributed by atoms with van der Waals surface area (Å²) in [6.45, 7) is 0.455. The number of anilines is 1. The number of pyridine rings is 1. The number of sulfonamides is 1. The van der Waals surface area contributed by atoms with Gasteiger partial charge in [-0.2, -0.15) is 0 Å². The van der Waals surface area contributed by atoms with Gasteiger partial charge in [-0.25, -0.2) is 17.8 Å². The lowest BCUT2D eigenvalue weighted by molar-refractivity contribution is 0.568. The molecule has 0 spiro atoms. The van der Waals surface area contributed by atoms with Crippen LogP contribution in [0.25, 0.3) is 0 Å². The first-order valence-corrected chi connectivity index (χ1v) is 8.28. The molecular weight excluding hydrogens is 361 g/mol. The Morgan fingerprint density at radius 2 is 2.10 bits per heavy atom. The predicted molar refractivity (Wildman–Crippen MR) is 81.9 cm³/mol. The van der Waals surface area contributed by atoms with Crippen molar-refractivity contribution in [1.29, 1.82) is 0 Å². The molecule has 0 saturated heterocycles. The van der Waals surface area contributed by atoms with Crippen molar-refractivity contribution in [2.75, 3.05) is 11.8 Å². The van der Waals surface area contributed by atoms with Crippen LogP contribution in [0.1, 0.15) is 5.56 Å². The lowest BCUT2D eigenvalue weighted by Crippen LogP contribution is -2.16. The van der Waals surface area contributed by atoms with Gasteiger partial charge < -0.3 is 5.32 Å². The average Bonchev–Trinajstić information content (AvgIpc) is 2.41. The van der Waals surface area contributed by atoms with E-state index in [0.717, 1.165) is 0 Å². The van der Waals surface area contributed by atoms with Gasteiger partial charge in [-0.05, 0) is 52.8 Å². The van der Waals surface area contributed by atoms with Gasteiger partial charge in [-0.3, -0.25) is 4.72 Å². The second-order valence-corrected chi connectivity index (χ2v) is 6.74. The lowest BCUT2D eigenvalue weighted by atomic mass is 10.2. The molecule has 0 aliphatic heterocycles. The van der Waals surface area contributed by atoms with Crippen LogP contribution in [-0.4, -0.2) is 20.4 Å². The Bertz CT molecular complexity index is 753. The molecule has 2 rings (SSSR count). The molecule has 0 unspecified atom stereocenters. The van der Waals surface area contributed by atoms with E-state index in [1.165, 1.54) is 18.3 Å². The second kappa shape index (κ2) is 6.50. The third-order valence-corrected chi connectivity index (χ3v) is 4.67. The first kappa shape index (κ1) is 15.9. The van der Waals surface area contributed by atoms with Crippen molar-refractivity contribution in [1.82, 2.24) is 10.3 Å². The molecule has 0 fully saturated rings. The minimum atomic E-state index is -4.04. The van der Waals surface area contributed by atoms with E-state index in [2.05, 4.69) is 31.0 Å². The van der Waals surface area contributed by atoms with Crippen molar-refractivity contribution in [2.45, 2.75) is 11.4 Å². The molecule has 2 N–H and O–H groups in total. The maximum Gasteiger partial charge on any atom is 0.265 e. The summed E-state index contributed by atoms with van der Waals surface area (Å²) in [6.07, 6.45) is 1.44. The average molecular weight is 374 g/mol. The fourth-order valence-corrected chi connectivity index (χ4v) is 3.29. The van der Waals surface area contributed by atoms with Gasteiger partial charge in [0, 0.05) is 12.7 Å². The second-order valence-electron chi connectivity index (χ2n) is 4.23. The van der Waals surface area contributed by atoms with Gasteiger partial charge in [0.1, 0.15) is 10.7 Å². The molecule has 21 heavy (non-hydrogen) atoms. The van der Waals surface area contributed by atoms with Gasteiger partial charge in [0.2, 0.25) is 0 Å². The van der Waals surface area contributed by atoms with Crippen LogP contribution in [0.15, 0.2) is 45.9 Å². The molecule has 0 bridgehead atoms. The molecule has 5 nitrogen and oxygen atoms in total. The van der Waals surface area contributed by atoms with Gasteiger partial charge in [0.15, 0.2) is 5.82 Å². The number of hydrogen-bond acceptors (Lipinski definition) is 4. The standard InChI is InChI=1S/C13H13BrFN3O2S/c1-16-8-9-4-5-12(11(15)7-9)21(19,20)18-13-10(14)3-2-6-17-13/h2-7,16H,8H2,1H3,(H,17,18). The molecule has 1 aromatic carbocycles. The van der Waals surface area contributed by atoms with Crippen molar-refractivity contribution in [3.8, 4) is 0 Å². The van der Waals surface area contributed by atoms with E-state index < -0.39 is 20.7 Å². The Balaban J connectivity index is 2.34. The minimum absolute atomic E-state index is 0.108. The molecule has 0 aliphatic rings. The van der Waals surface area contributed by atoms with Gasteiger partial charge in [0.25, 0.3) is 10.0 Å². The summed E-state index contributed by atoms with van der Waals surface area (Å²) in [4.78, 5) is 3.48. The van der Waals surface area contributed by atoms with Crippen LogP contribution < -0.4 is 10.0 Å². The van der Waals surface area contributed by atoms with Crippen LogP contribution in [0.3, 0.4) is 0 Å². The fraction of sp³-hybridized carbons (Fsp3) is 0.154. The van der Waals surface area contributed by atoms with E-state index in [1.54, 1.807) is 25.2 Å². The van der Waals surface area contributed by atoms with E-state index in [-0.39, 0.29) is 5.82 Å². The zero-order chi connectivity index (χ0) is 15.5. The SMILES string of the molecule is CNCc1ccc(S(=O)(=O)Nc2ncccc2Br)c(F)c1. The van der Waals surface area contributed by atoms with E-state index >= 15 is 0 Å². The minimum Gasteiger partial charge on any atom is -0.316 e. The number of halogens is 2. The molecule has 1 heterocycles. The highest BCUT2D eigenvalue weighted by molar-refractivity contribution is 9.10. The molecule has 1 aromatic heterocycles. The first-order valence-electron chi connectivity index (χ1n) is 6.00. The van der Waals surface area contributed by atoms with Crippen LogP contribution >= 0.6 is 15.9 Å². The van der Waals surface area contributed by atoms with Gasteiger partial charge >= 0.3 is 0 Å². The quantitative estimate of drug-likeness (QED) is 0.844. The van der Waals surface area contributed by atoms with Crippen LogP contribution in [0.5, 0.6) is 0 Å². The third-order valence-electron chi connectivity index (χ3n) is 2.66. The van der Waals surface area contributed by atoms with E-state index in [4.69, 9.17) is 0 Å². The van der Waals surface area contributed by atoms with E-state index in [0.29, 0.717) is 16.6 Å². The van der Waals surface area contributed by atoms with Crippen LogP contribution in [0.2, 0.25) is 0 Å².